The number of hydrogen-bond acceptors (Lipinski definition) is 4. The summed E-state index contributed by atoms with van der Waals surface area (Å²) in [5.74, 6) is -0.390. The Morgan fingerprint density at radius 2 is 1.96 bits per heavy atom. The Hall–Kier alpha value is -2.86. The first-order chi connectivity index (χ1) is 12.6. The molecule has 0 saturated heterocycles. The van der Waals surface area contributed by atoms with Crippen molar-refractivity contribution in [2.45, 2.75) is 31.9 Å². The first-order valence-electron chi connectivity index (χ1n) is 8.57. The number of ether oxygens (including phenoxy) is 1. The van der Waals surface area contributed by atoms with E-state index in [1.807, 2.05) is 18.2 Å². The molecule has 1 atom stereocenters. The van der Waals surface area contributed by atoms with Gasteiger partial charge < -0.3 is 20.5 Å². The number of aryl methyl sites for hydroxylation is 1. The molecule has 136 valence electrons. The van der Waals surface area contributed by atoms with Crippen LogP contribution in [0.25, 0.3) is 0 Å². The molecule has 2 aromatic carbocycles. The van der Waals surface area contributed by atoms with E-state index in [1.165, 1.54) is 12.7 Å². The fraction of sp³-hybridized carbons (Fsp3) is 0.300. The predicted octanol–water partition coefficient (Wildman–Crippen LogP) is 2.64. The maximum Gasteiger partial charge on any atom is 0.337 e. The quantitative estimate of drug-likeness (QED) is 0.737. The number of hydrogen-bond donors (Lipinski definition) is 3. The second-order valence-electron chi connectivity index (χ2n) is 6.34. The zero-order valence-corrected chi connectivity index (χ0v) is 14.6. The molecule has 3 N–H and O–H groups in total. The minimum atomic E-state index is -0.390. The average molecular weight is 354 g/mol. The highest BCUT2D eigenvalue weighted by Gasteiger charge is 2.19. The van der Waals surface area contributed by atoms with Gasteiger partial charge in [0.05, 0.1) is 18.8 Å². The number of nitrogens with one attached hydrogen (secondary N) is 2. The van der Waals surface area contributed by atoms with Crippen LogP contribution >= 0.6 is 0 Å². The third kappa shape index (κ3) is 4.21. The van der Waals surface area contributed by atoms with E-state index in [0.717, 1.165) is 29.7 Å². The Labute approximate surface area is 152 Å². The van der Waals surface area contributed by atoms with Gasteiger partial charge in [0, 0.05) is 18.7 Å². The van der Waals surface area contributed by atoms with Gasteiger partial charge in [-0.05, 0) is 47.7 Å². The smallest absolute Gasteiger partial charge is 0.337 e. The van der Waals surface area contributed by atoms with Crippen LogP contribution in [-0.4, -0.2) is 30.3 Å². The van der Waals surface area contributed by atoms with Crippen molar-refractivity contribution < 1.29 is 19.4 Å². The van der Waals surface area contributed by atoms with E-state index in [9.17, 15) is 14.7 Å². The fourth-order valence-electron chi connectivity index (χ4n) is 3.11. The average Bonchev–Trinajstić information content (AvgIpc) is 2.66. The Kier molecular flexibility index (Phi) is 5.53. The number of methoxy groups -OCH3 is 1. The van der Waals surface area contributed by atoms with Crippen molar-refractivity contribution in [3.8, 4) is 0 Å². The highest BCUT2D eigenvalue weighted by molar-refractivity contribution is 5.90. The van der Waals surface area contributed by atoms with Gasteiger partial charge >= 0.3 is 12.0 Å². The molecule has 0 aliphatic heterocycles. The van der Waals surface area contributed by atoms with E-state index in [2.05, 4.69) is 15.4 Å². The topological polar surface area (TPSA) is 87.7 Å². The van der Waals surface area contributed by atoms with Crippen LogP contribution in [0, 0.1) is 0 Å². The van der Waals surface area contributed by atoms with Crippen LogP contribution in [0.2, 0.25) is 0 Å². The lowest BCUT2D eigenvalue weighted by atomic mass is 9.88. The maximum atomic E-state index is 12.2. The van der Waals surface area contributed by atoms with Gasteiger partial charge in [-0.3, -0.25) is 0 Å². The summed E-state index contributed by atoms with van der Waals surface area (Å²) < 4.78 is 4.66. The summed E-state index contributed by atoms with van der Waals surface area (Å²) in [6, 6.07) is 12.4. The Balaban J connectivity index is 1.59. The lowest BCUT2D eigenvalue weighted by Crippen LogP contribution is -2.29. The van der Waals surface area contributed by atoms with Gasteiger partial charge in [-0.1, -0.05) is 24.3 Å². The van der Waals surface area contributed by atoms with Crippen LogP contribution in [-0.2, 0) is 24.1 Å². The van der Waals surface area contributed by atoms with Crippen molar-refractivity contribution in [2.75, 3.05) is 12.4 Å². The molecule has 6 heteroatoms. The van der Waals surface area contributed by atoms with Crippen LogP contribution in [0.4, 0.5) is 10.5 Å². The van der Waals surface area contributed by atoms with Gasteiger partial charge in [-0.2, -0.15) is 0 Å². The van der Waals surface area contributed by atoms with Crippen LogP contribution in [0.3, 0.4) is 0 Å². The third-order valence-electron chi connectivity index (χ3n) is 4.54. The lowest BCUT2D eigenvalue weighted by molar-refractivity contribution is 0.0600. The summed E-state index contributed by atoms with van der Waals surface area (Å²) >= 11 is 0. The number of carbonyl (C=O) groups is 2. The molecule has 0 saturated carbocycles. The number of aliphatic hydroxyl groups excluding tert-OH is 1. The van der Waals surface area contributed by atoms with Crippen molar-refractivity contribution >= 4 is 17.7 Å². The van der Waals surface area contributed by atoms with E-state index < -0.39 is 5.97 Å². The van der Waals surface area contributed by atoms with Crippen LogP contribution in [0.1, 0.15) is 33.5 Å². The lowest BCUT2D eigenvalue weighted by Gasteiger charge is -2.23. The molecule has 0 fully saturated rings. The zero-order chi connectivity index (χ0) is 18.5. The maximum absolute atomic E-state index is 12.2. The van der Waals surface area contributed by atoms with E-state index in [4.69, 9.17) is 0 Å². The molecule has 6 nitrogen and oxygen atoms in total. The molecule has 2 amide bonds. The Morgan fingerprint density at radius 3 is 2.69 bits per heavy atom. The summed E-state index contributed by atoms with van der Waals surface area (Å²) in [6.45, 7) is 0.338. The normalized spacial score (nSPS) is 15.7. The summed E-state index contributed by atoms with van der Waals surface area (Å²) in [5, 5.41) is 15.5. The number of fused-ring (bicyclic) bond motifs is 1. The minimum absolute atomic E-state index is 0.310. The Morgan fingerprint density at radius 1 is 1.19 bits per heavy atom. The molecule has 1 unspecified atom stereocenters. The van der Waals surface area contributed by atoms with Crippen LogP contribution in [0.15, 0.2) is 42.5 Å². The zero-order valence-electron chi connectivity index (χ0n) is 14.6. The number of carbonyl (C=O) groups excluding carboxylic acids is 2. The van der Waals surface area contributed by atoms with Crippen molar-refractivity contribution in [3.05, 3.63) is 64.7 Å². The standard InChI is InChI=1S/C20H22N2O4/c1-26-19(24)15-7-5-13(6-8-15)12-21-20(25)22-18-4-2-3-14-9-10-16(23)11-17(14)18/h2-8,16,23H,9-12H2,1H3,(H2,21,22,25). The van der Waals surface area contributed by atoms with Crippen molar-refractivity contribution in [2.24, 2.45) is 0 Å². The molecular weight excluding hydrogens is 332 g/mol. The molecule has 0 spiro atoms. The van der Waals surface area contributed by atoms with Crippen molar-refractivity contribution in [1.82, 2.24) is 5.32 Å². The second kappa shape index (κ2) is 8.01. The predicted molar refractivity (Wildman–Crippen MR) is 98.1 cm³/mol. The van der Waals surface area contributed by atoms with E-state index >= 15 is 0 Å². The summed E-state index contributed by atoms with van der Waals surface area (Å²) in [4.78, 5) is 23.6. The molecule has 0 bridgehead atoms. The van der Waals surface area contributed by atoms with Crippen molar-refractivity contribution in [3.63, 3.8) is 0 Å². The number of urea groups is 1. The molecule has 1 aliphatic rings. The van der Waals surface area contributed by atoms with Gasteiger partial charge in [-0.25, -0.2) is 9.59 Å². The first-order valence-corrected chi connectivity index (χ1v) is 8.57. The summed E-state index contributed by atoms with van der Waals surface area (Å²) in [5.41, 5.74) is 4.25. The molecule has 0 radical (unpaired) electrons. The summed E-state index contributed by atoms with van der Waals surface area (Å²) in [7, 11) is 1.34. The minimum Gasteiger partial charge on any atom is -0.465 e. The van der Waals surface area contributed by atoms with Gasteiger partial charge in [0.2, 0.25) is 0 Å². The molecule has 1 aliphatic carbocycles. The second-order valence-corrected chi connectivity index (χ2v) is 6.34. The van der Waals surface area contributed by atoms with Gasteiger partial charge in [0.25, 0.3) is 0 Å². The van der Waals surface area contributed by atoms with E-state index in [-0.39, 0.29) is 12.1 Å². The van der Waals surface area contributed by atoms with Crippen LogP contribution in [0.5, 0.6) is 0 Å². The monoisotopic (exact) mass is 354 g/mol. The highest BCUT2D eigenvalue weighted by atomic mass is 16.5. The highest BCUT2D eigenvalue weighted by Crippen LogP contribution is 2.28. The molecule has 3 rings (SSSR count). The number of esters is 1. The number of benzene rings is 2. The molecule has 26 heavy (non-hydrogen) atoms. The first kappa shape index (κ1) is 17.9. The fourth-order valence-corrected chi connectivity index (χ4v) is 3.11. The Bertz CT molecular complexity index is 802. The summed E-state index contributed by atoms with van der Waals surface area (Å²) in [6.07, 6.45) is 1.77. The van der Waals surface area contributed by atoms with Gasteiger partial charge in [0.1, 0.15) is 0 Å². The number of anilines is 1. The van der Waals surface area contributed by atoms with E-state index in [0.29, 0.717) is 18.5 Å². The number of aliphatic hydroxyl groups is 1. The molecule has 0 aromatic heterocycles. The molecule has 2 aromatic rings. The third-order valence-corrected chi connectivity index (χ3v) is 4.54. The van der Waals surface area contributed by atoms with Gasteiger partial charge in [-0.15, -0.1) is 0 Å². The van der Waals surface area contributed by atoms with Gasteiger partial charge in [0.15, 0.2) is 0 Å². The SMILES string of the molecule is COC(=O)c1ccc(CNC(=O)Nc2cccc3c2CC(O)CC3)cc1. The number of amides is 2. The largest absolute Gasteiger partial charge is 0.465 e. The molecule has 0 heterocycles. The van der Waals surface area contributed by atoms with Crippen molar-refractivity contribution in [1.29, 1.82) is 0 Å². The molecular formula is C20H22N2O4. The van der Waals surface area contributed by atoms with Crippen LogP contribution < -0.4 is 10.6 Å². The number of rotatable bonds is 4. The van der Waals surface area contributed by atoms with E-state index in [1.54, 1.807) is 24.3 Å².